The number of hydrogen-bond donors (Lipinski definition) is 0. The Morgan fingerprint density at radius 3 is 2.49 bits per heavy atom. The molecule has 5 aromatic rings. The van der Waals surface area contributed by atoms with Crippen molar-refractivity contribution in [1.29, 1.82) is 0 Å². The van der Waals surface area contributed by atoms with E-state index < -0.39 is 7.14 Å². The van der Waals surface area contributed by atoms with Crippen molar-refractivity contribution < 1.29 is 4.57 Å². The summed E-state index contributed by atoms with van der Waals surface area (Å²) < 4.78 is 18.2. The second kappa shape index (κ2) is 9.14. The minimum absolute atomic E-state index is 0.227. The van der Waals surface area contributed by atoms with Crippen LogP contribution in [-0.2, 0) is 4.57 Å². The molecule has 4 aliphatic carbocycles. The van der Waals surface area contributed by atoms with Crippen molar-refractivity contribution in [2.24, 2.45) is 5.92 Å². The molecule has 0 radical (unpaired) electrons. The van der Waals surface area contributed by atoms with Gasteiger partial charge in [0.2, 0.25) is 0 Å². The number of hydrogen-bond acceptors (Lipinski definition) is 2. The molecule has 2 atom stereocenters. The highest BCUT2D eigenvalue weighted by Crippen LogP contribution is 2.53. The molecule has 1 aromatic heterocycles. The van der Waals surface area contributed by atoms with E-state index in [1.807, 2.05) is 66.7 Å². The van der Waals surface area contributed by atoms with Crippen LogP contribution in [0.1, 0.15) is 12.0 Å². The minimum Gasteiger partial charge on any atom is -0.308 e. The van der Waals surface area contributed by atoms with Crippen LogP contribution in [0.25, 0.3) is 33.7 Å². The topological polar surface area (TPSA) is 34.9 Å². The van der Waals surface area contributed by atoms with Crippen LogP contribution in [0.3, 0.4) is 0 Å². The molecule has 0 bridgehead atoms. The SMILES string of the molecule is O=P1(c2ccccc2)c2cc(C3=CC4=C5C(=CC=C6C=CC=C3C65)C=CC4)ccc2-n2c(-c3ccccc3)nc3cccc1c32. The third-order valence-corrected chi connectivity index (χ3v) is 13.0. The second-order valence-corrected chi connectivity index (χ2v) is 14.9. The smallest absolute Gasteiger partial charge is 0.175 e. The number of aromatic nitrogens is 2. The van der Waals surface area contributed by atoms with Crippen LogP contribution >= 0.6 is 7.14 Å². The molecule has 1 aliphatic heterocycles. The average Bonchev–Trinajstić information content (AvgIpc) is 3.50. The Balaban J connectivity index is 1.27. The largest absolute Gasteiger partial charge is 0.308 e. The Morgan fingerprint density at radius 1 is 0.778 bits per heavy atom. The Kier molecular flexibility index (Phi) is 5.10. The van der Waals surface area contributed by atoms with Crippen molar-refractivity contribution in [3.8, 4) is 17.1 Å². The molecule has 0 saturated heterocycles. The molecule has 0 fully saturated rings. The highest BCUT2D eigenvalue weighted by Gasteiger charge is 2.41. The summed E-state index contributed by atoms with van der Waals surface area (Å²) in [5.41, 5.74) is 12.8. The number of allylic oxidation sites excluding steroid dienone is 14. The van der Waals surface area contributed by atoms with Gasteiger partial charge in [-0.3, -0.25) is 4.57 Å². The third kappa shape index (κ3) is 3.36. The molecule has 45 heavy (non-hydrogen) atoms. The lowest BCUT2D eigenvalue weighted by molar-refractivity contribution is 0.592. The maximum Gasteiger partial charge on any atom is 0.175 e. The van der Waals surface area contributed by atoms with Crippen LogP contribution in [0.2, 0.25) is 0 Å². The summed E-state index contributed by atoms with van der Waals surface area (Å²) in [4.78, 5) is 5.14. The lowest BCUT2D eigenvalue weighted by atomic mass is 9.66. The molecule has 2 heterocycles. The molecule has 0 amide bonds. The number of fused-ring (bicyclic) bond motifs is 2. The van der Waals surface area contributed by atoms with Gasteiger partial charge in [-0.2, -0.15) is 0 Å². The summed E-state index contributed by atoms with van der Waals surface area (Å²) in [7, 11) is -3.26. The predicted molar refractivity (Wildman–Crippen MR) is 185 cm³/mol. The van der Waals surface area contributed by atoms with Crippen molar-refractivity contribution >= 4 is 39.7 Å². The summed E-state index contributed by atoms with van der Waals surface area (Å²) in [6.45, 7) is 0. The van der Waals surface area contributed by atoms with Crippen molar-refractivity contribution in [3.63, 3.8) is 0 Å². The van der Waals surface area contributed by atoms with E-state index in [0.29, 0.717) is 0 Å². The van der Waals surface area contributed by atoms with Gasteiger partial charge in [-0.1, -0.05) is 121 Å². The van der Waals surface area contributed by atoms with Gasteiger partial charge in [0.15, 0.2) is 7.14 Å². The Morgan fingerprint density at radius 2 is 1.62 bits per heavy atom. The van der Waals surface area contributed by atoms with Gasteiger partial charge >= 0.3 is 0 Å². The fourth-order valence-electron chi connectivity index (χ4n) is 7.94. The van der Waals surface area contributed by atoms with E-state index in [-0.39, 0.29) is 5.92 Å². The summed E-state index contributed by atoms with van der Waals surface area (Å²) in [6.07, 6.45) is 19.1. The number of imidazole rings is 1. The average molecular weight is 595 g/mol. The maximum atomic E-state index is 15.9. The molecule has 10 rings (SSSR count). The van der Waals surface area contributed by atoms with E-state index in [0.717, 1.165) is 56.0 Å². The quantitative estimate of drug-likeness (QED) is 0.193. The summed E-state index contributed by atoms with van der Waals surface area (Å²) in [6, 6.07) is 33.1. The van der Waals surface area contributed by atoms with Gasteiger partial charge in [-0.15, -0.1) is 0 Å². The first kappa shape index (κ1) is 25.1. The highest BCUT2D eigenvalue weighted by atomic mass is 31.2. The van der Waals surface area contributed by atoms with Crippen molar-refractivity contribution in [2.45, 2.75) is 6.42 Å². The monoisotopic (exact) mass is 594 g/mol. The number of para-hydroxylation sites is 1. The Hall–Kier alpha value is -5.24. The van der Waals surface area contributed by atoms with Crippen LogP contribution in [-0.4, -0.2) is 9.55 Å². The first-order chi connectivity index (χ1) is 22.2. The molecular weight excluding hydrogens is 567 g/mol. The van der Waals surface area contributed by atoms with E-state index in [1.165, 1.54) is 33.4 Å². The zero-order chi connectivity index (χ0) is 29.7. The molecule has 0 N–H and O–H groups in total. The van der Waals surface area contributed by atoms with Crippen LogP contribution in [0.5, 0.6) is 0 Å². The standard InChI is InChI=1S/C41H27N2OP/c44-45(31-15-5-2-6-16-31)36-19-9-18-34-40(36)43(41(42-34)28-10-3-1-4-11-28)35-23-22-29(25-37(35)45)33-24-30-14-7-12-26-20-21-27-13-8-17-32(33)39(27)38(26)30/h1-13,15-25,39H,14H2. The second-order valence-electron chi connectivity index (χ2n) is 12.2. The number of benzene rings is 4. The molecule has 4 heteroatoms. The van der Waals surface area contributed by atoms with Crippen molar-refractivity contribution in [1.82, 2.24) is 9.55 Å². The van der Waals surface area contributed by atoms with Gasteiger partial charge < -0.3 is 4.57 Å². The number of rotatable bonds is 3. The molecule has 0 saturated carbocycles. The van der Waals surface area contributed by atoms with Crippen LogP contribution in [0.4, 0.5) is 0 Å². The highest BCUT2D eigenvalue weighted by molar-refractivity contribution is 7.86. The molecule has 4 aromatic carbocycles. The molecule has 212 valence electrons. The normalized spacial score (nSPS) is 21.9. The van der Waals surface area contributed by atoms with Crippen LogP contribution in [0, 0.1) is 5.92 Å². The fourth-order valence-corrected chi connectivity index (χ4v) is 11.0. The summed E-state index contributed by atoms with van der Waals surface area (Å²) in [5, 5.41) is 2.55. The zero-order valence-electron chi connectivity index (χ0n) is 24.4. The van der Waals surface area contributed by atoms with Gasteiger partial charge in [0.1, 0.15) is 5.82 Å². The van der Waals surface area contributed by atoms with Crippen LogP contribution < -0.4 is 15.9 Å². The Labute approximate surface area is 261 Å². The number of nitrogens with zero attached hydrogens (tertiary/aromatic N) is 2. The van der Waals surface area contributed by atoms with E-state index in [9.17, 15) is 0 Å². The summed E-state index contributed by atoms with van der Waals surface area (Å²) >= 11 is 0. The predicted octanol–water partition coefficient (Wildman–Crippen LogP) is 8.28. The zero-order valence-corrected chi connectivity index (χ0v) is 25.3. The third-order valence-electron chi connectivity index (χ3n) is 9.89. The van der Waals surface area contributed by atoms with Gasteiger partial charge in [-0.05, 0) is 69.7 Å². The van der Waals surface area contributed by atoms with E-state index in [1.54, 1.807) is 0 Å². The molecule has 2 unspecified atom stereocenters. The van der Waals surface area contributed by atoms with Crippen molar-refractivity contribution in [2.75, 3.05) is 0 Å². The van der Waals surface area contributed by atoms with Gasteiger partial charge in [-0.25, -0.2) is 4.98 Å². The van der Waals surface area contributed by atoms with Gasteiger partial charge in [0.05, 0.1) is 16.7 Å². The first-order valence-electron chi connectivity index (χ1n) is 15.5. The fraction of sp³-hybridized carbons (Fsp3) is 0.0488. The van der Waals surface area contributed by atoms with E-state index >= 15 is 4.57 Å². The lowest BCUT2D eigenvalue weighted by Crippen LogP contribution is -2.33. The molecule has 5 aliphatic rings. The van der Waals surface area contributed by atoms with Gasteiger partial charge in [0, 0.05) is 27.4 Å². The lowest BCUT2D eigenvalue weighted by Gasteiger charge is -2.38. The minimum atomic E-state index is -3.26. The molecule has 3 nitrogen and oxygen atoms in total. The van der Waals surface area contributed by atoms with E-state index in [4.69, 9.17) is 4.98 Å². The van der Waals surface area contributed by atoms with Crippen molar-refractivity contribution in [3.05, 3.63) is 179 Å². The maximum absolute atomic E-state index is 15.9. The van der Waals surface area contributed by atoms with Crippen LogP contribution in [0.15, 0.2) is 174 Å². The van der Waals surface area contributed by atoms with E-state index in [2.05, 4.69) is 83.5 Å². The Bertz CT molecular complexity index is 2410. The molecule has 0 spiro atoms. The summed E-state index contributed by atoms with van der Waals surface area (Å²) in [5.74, 6) is 1.09. The first-order valence-corrected chi connectivity index (χ1v) is 17.2. The molecular formula is C41H27N2OP. The van der Waals surface area contributed by atoms with Gasteiger partial charge in [0.25, 0.3) is 0 Å².